The fourth-order valence-electron chi connectivity index (χ4n) is 8.21. The van der Waals surface area contributed by atoms with E-state index in [1.807, 2.05) is 0 Å². The quantitative estimate of drug-likeness (QED) is 0.321. The lowest BCUT2D eigenvalue weighted by atomic mass is 9.63. The van der Waals surface area contributed by atoms with E-state index in [-0.39, 0.29) is 11.2 Å². The van der Waals surface area contributed by atoms with Gasteiger partial charge in [-0.15, -0.1) is 23.2 Å². The van der Waals surface area contributed by atoms with E-state index in [1.165, 1.54) is 128 Å². The van der Waals surface area contributed by atoms with Crippen molar-refractivity contribution in [3.05, 3.63) is 0 Å². The summed E-state index contributed by atoms with van der Waals surface area (Å²) in [5, 5.41) is 0. The maximum absolute atomic E-state index is 7.82. The van der Waals surface area contributed by atoms with Crippen LogP contribution in [0.3, 0.4) is 0 Å². The zero-order valence-electron chi connectivity index (χ0n) is 20.0. The Kier molecular flexibility index (Phi) is 9.38. The molecule has 4 fully saturated rings. The smallest absolute Gasteiger partial charge is 0.0881 e. The molecule has 0 atom stereocenters. The molecule has 1 nitrogen and oxygen atoms in total. The summed E-state index contributed by atoms with van der Waals surface area (Å²) in [5.74, 6) is 3.90. The van der Waals surface area contributed by atoms with Gasteiger partial charge in [0.25, 0.3) is 0 Å². The lowest BCUT2D eigenvalue weighted by Gasteiger charge is -2.57. The Morgan fingerprint density at radius 3 is 0.839 bits per heavy atom. The average Bonchev–Trinajstić information content (AvgIpc) is 2.87. The van der Waals surface area contributed by atoms with Crippen molar-refractivity contribution in [3.8, 4) is 0 Å². The van der Waals surface area contributed by atoms with Gasteiger partial charge in [-0.3, -0.25) is 0 Å². The molecule has 0 aromatic heterocycles. The molecule has 3 heteroatoms. The lowest BCUT2D eigenvalue weighted by Crippen LogP contribution is -2.61. The second kappa shape index (κ2) is 11.8. The number of hydrogen-bond donors (Lipinski definition) is 0. The zero-order chi connectivity index (χ0) is 21.6. The van der Waals surface area contributed by atoms with Crippen molar-refractivity contribution in [1.82, 2.24) is 0 Å². The van der Waals surface area contributed by atoms with Crippen LogP contribution in [0.25, 0.3) is 0 Å². The van der Waals surface area contributed by atoms with Gasteiger partial charge in [0.2, 0.25) is 0 Å². The molecular weight excluding hydrogens is 423 g/mol. The maximum atomic E-state index is 7.82. The first-order valence-electron chi connectivity index (χ1n) is 14.1. The van der Waals surface area contributed by atoms with E-state index in [4.69, 9.17) is 27.9 Å². The van der Waals surface area contributed by atoms with Gasteiger partial charge in [0.05, 0.1) is 23.0 Å². The Labute approximate surface area is 202 Å². The molecule has 0 spiro atoms. The molecule has 4 rings (SSSR count). The lowest BCUT2D eigenvalue weighted by molar-refractivity contribution is -0.243. The van der Waals surface area contributed by atoms with Crippen LogP contribution in [-0.4, -0.2) is 23.0 Å². The van der Waals surface area contributed by atoms with E-state index in [0.29, 0.717) is 35.4 Å². The molecule has 0 aromatic carbocycles. The highest BCUT2D eigenvalue weighted by Gasteiger charge is 2.55. The SMILES string of the molecule is ClCC(OC(CCl)(C1CCCCC1)C1CCCCC1)(C1CCCCC1)C1CCCCC1. The fourth-order valence-corrected chi connectivity index (χ4v) is 9.19. The van der Waals surface area contributed by atoms with Crippen LogP contribution < -0.4 is 0 Å². The third kappa shape index (κ3) is 5.30. The van der Waals surface area contributed by atoms with Crippen molar-refractivity contribution in [3.63, 3.8) is 0 Å². The predicted molar refractivity (Wildman–Crippen MR) is 134 cm³/mol. The molecule has 0 aromatic rings. The number of alkyl halides is 2. The monoisotopic (exact) mass is 470 g/mol. The van der Waals surface area contributed by atoms with E-state index in [0.717, 1.165) is 0 Å². The van der Waals surface area contributed by atoms with Crippen LogP contribution in [0.4, 0.5) is 0 Å². The van der Waals surface area contributed by atoms with Crippen LogP contribution in [0.1, 0.15) is 128 Å². The minimum atomic E-state index is -0.147. The van der Waals surface area contributed by atoms with Gasteiger partial charge < -0.3 is 4.74 Å². The first-order chi connectivity index (χ1) is 15.2. The number of ether oxygens (including phenoxy) is 1. The van der Waals surface area contributed by atoms with Crippen LogP contribution in [0.2, 0.25) is 0 Å². The van der Waals surface area contributed by atoms with Crippen LogP contribution in [0.15, 0.2) is 0 Å². The van der Waals surface area contributed by atoms with Crippen molar-refractivity contribution in [2.24, 2.45) is 23.7 Å². The summed E-state index contributed by atoms with van der Waals surface area (Å²) in [5.41, 5.74) is -0.293. The van der Waals surface area contributed by atoms with Gasteiger partial charge in [0, 0.05) is 0 Å². The molecule has 0 amide bonds. The first kappa shape index (κ1) is 24.7. The van der Waals surface area contributed by atoms with Gasteiger partial charge in [0.15, 0.2) is 0 Å². The largest absolute Gasteiger partial charge is 0.365 e. The van der Waals surface area contributed by atoms with Crippen LogP contribution in [-0.2, 0) is 4.74 Å². The summed E-state index contributed by atoms with van der Waals surface area (Å²) in [4.78, 5) is 0. The van der Waals surface area contributed by atoms with Crippen LogP contribution in [0, 0.1) is 23.7 Å². The molecule has 4 aliphatic rings. The second-order valence-electron chi connectivity index (χ2n) is 11.6. The van der Waals surface area contributed by atoms with Gasteiger partial charge in [-0.05, 0) is 75.0 Å². The summed E-state index contributed by atoms with van der Waals surface area (Å²) in [6.07, 6.45) is 27.0. The highest BCUT2D eigenvalue weighted by atomic mass is 35.5. The summed E-state index contributed by atoms with van der Waals surface area (Å²) >= 11 is 14.1. The number of rotatable bonds is 8. The Morgan fingerprint density at radius 1 is 0.419 bits per heavy atom. The Hall–Kier alpha value is 0.540. The van der Waals surface area contributed by atoms with E-state index in [2.05, 4.69) is 0 Å². The molecule has 4 saturated carbocycles. The summed E-state index contributed by atoms with van der Waals surface area (Å²) < 4.78 is 7.82. The van der Waals surface area contributed by atoms with E-state index >= 15 is 0 Å². The molecule has 0 heterocycles. The number of hydrogen-bond acceptors (Lipinski definition) is 1. The Balaban J connectivity index is 1.71. The number of halogens is 2. The Bertz CT molecular complexity index is 429. The molecule has 180 valence electrons. The molecule has 0 N–H and O–H groups in total. The second-order valence-corrected chi connectivity index (χ2v) is 12.2. The van der Waals surface area contributed by atoms with E-state index in [9.17, 15) is 0 Å². The average molecular weight is 472 g/mol. The molecule has 31 heavy (non-hydrogen) atoms. The Morgan fingerprint density at radius 2 is 0.645 bits per heavy atom. The van der Waals surface area contributed by atoms with Crippen LogP contribution >= 0.6 is 23.2 Å². The van der Waals surface area contributed by atoms with Gasteiger partial charge in [-0.2, -0.15) is 0 Å². The molecule has 4 aliphatic carbocycles. The molecule has 0 radical (unpaired) electrons. The molecule has 0 saturated heterocycles. The van der Waals surface area contributed by atoms with Gasteiger partial charge in [-0.1, -0.05) is 77.0 Å². The molecule has 0 bridgehead atoms. The normalized spacial score (nSPS) is 26.9. The molecular formula is C28H48Cl2O. The van der Waals surface area contributed by atoms with E-state index in [1.54, 1.807) is 0 Å². The molecule has 0 unspecified atom stereocenters. The van der Waals surface area contributed by atoms with Crippen LogP contribution in [0.5, 0.6) is 0 Å². The summed E-state index contributed by atoms with van der Waals surface area (Å²) in [7, 11) is 0. The van der Waals surface area contributed by atoms with Crippen molar-refractivity contribution in [1.29, 1.82) is 0 Å². The highest BCUT2D eigenvalue weighted by molar-refractivity contribution is 6.19. The van der Waals surface area contributed by atoms with Crippen molar-refractivity contribution >= 4 is 23.2 Å². The van der Waals surface area contributed by atoms with E-state index < -0.39 is 0 Å². The fraction of sp³-hybridized carbons (Fsp3) is 1.00. The maximum Gasteiger partial charge on any atom is 0.0881 e. The minimum absolute atomic E-state index is 0.147. The summed E-state index contributed by atoms with van der Waals surface area (Å²) in [6.45, 7) is 0. The van der Waals surface area contributed by atoms with Gasteiger partial charge in [0.1, 0.15) is 0 Å². The first-order valence-corrected chi connectivity index (χ1v) is 15.1. The minimum Gasteiger partial charge on any atom is -0.365 e. The third-order valence-corrected chi connectivity index (χ3v) is 10.8. The predicted octanol–water partition coefficient (Wildman–Crippen LogP) is 9.28. The highest BCUT2D eigenvalue weighted by Crippen LogP contribution is 2.54. The summed E-state index contributed by atoms with van der Waals surface area (Å²) in [6, 6.07) is 0. The van der Waals surface area contributed by atoms with Crippen molar-refractivity contribution in [2.45, 2.75) is 140 Å². The standard InChI is InChI=1S/C28H48Cl2O/c29-21-27(23-13-5-1-6-14-23,24-15-7-2-8-16-24)31-28(22-30,25-17-9-3-10-18-25)26-19-11-4-12-20-26/h23-26H,1-22H2. The topological polar surface area (TPSA) is 9.23 Å². The van der Waals surface area contributed by atoms with Gasteiger partial charge >= 0.3 is 0 Å². The van der Waals surface area contributed by atoms with Crippen molar-refractivity contribution in [2.75, 3.05) is 11.8 Å². The zero-order valence-corrected chi connectivity index (χ0v) is 21.5. The van der Waals surface area contributed by atoms with Gasteiger partial charge in [-0.25, -0.2) is 0 Å². The molecule has 0 aliphatic heterocycles. The van der Waals surface area contributed by atoms with Crippen molar-refractivity contribution < 1.29 is 4.74 Å². The third-order valence-electron chi connectivity index (χ3n) is 9.98.